The molecule has 1 N–H and O–H groups in total. The van der Waals surface area contributed by atoms with E-state index in [-0.39, 0.29) is 11.7 Å². The molecule has 4 heteroatoms. The molecule has 0 aliphatic carbocycles. The van der Waals surface area contributed by atoms with Gasteiger partial charge in [0, 0.05) is 32.0 Å². The van der Waals surface area contributed by atoms with Crippen LogP contribution in [0.25, 0.3) is 0 Å². The largest absolute Gasteiger partial charge is 0.343 e. The summed E-state index contributed by atoms with van der Waals surface area (Å²) in [6.45, 7) is 5.45. The van der Waals surface area contributed by atoms with Gasteiger partial charge in [0.05, 0.1) is 0 Å². The number of benzene rings is 1. The van der Waals surface area contributed by atoms with Crippen LogP contribution in [-0.2, 0) is 17.6 Å². The fraction of sp³-hybridized carbons (Fsp3) is 0.619. The summed E-state index contributed by atoms with van der Waals surface area (Å²) in [6, 6.07) is 6.28. The predicted molar refractivity (Wildman–Crippen MR) is 99.9 cm³/mol. The summed E-state index contributed by atoms with van der Waals surface area (Å²) in [6.07, 6.45) is 6.95. The third kappa shape index (κ3) is 4.91. The van der Waals surface area contributed by atoms with Gasteiger partial charge in [-0.1, -0.05) is 12.1 Å². The molecule has 1 aromatic carbocycles. The molecule has 0 radical (unpaired) electrons. The van der Waals surface area contributed by atoms with Crippen molar-refractivity contribution in [3.05, 3.63) is 34.9 Å². The standard InChI is InChI=1S/C21H30N2O2/c1-16(24)23-13-9-17(10-14-23)3-2-4-21(25)20-6-5-18-7-11-22-12-8-19(18)15-20/h5-6,15,17,22H,2-4,7-14H2,1H3. The summed E-state index contributed by atoms with van der Waals surface area (Å²) in [5.41, 5.74) is 3.61. The monoisotopic (exact) mass is 342 g/mol. The molecular weight excluding hydrogens is 312 g/mol. The second kappa shape index (κ2) is 8.61. The van der Waals surface area contributed by atoms with Crippen LogP contribution in [-0.4, -0.2) is 42.8 Å². The third-order valence-corrected chi connectivity index (χ3v) is 5.75. The van der Waals surface area contributed by atoms with Crippen LogP contribution in [0.5, 0.6) is 0 Å². The summed E-state index contributed by atoms with van der Waals surface area (Å²) in [4.78, 5) is 25.8. The minimum atomic E-state index is 0.187. The summed E-state index contributed by atoms with van der Waals surface area (Å²) >= 11 is 0. The Morgan fingerprint density at radius 2 is 1.84 bits per heavy atom. The van der Waals surface area contributed by atoms with Gasteiger partial charge in [-0.05, 0) is 74.7 Å². The van der Waals surface area contributed by atoms with Crippen molar-refractivity contribution in [2.24, 2.45) is 5.92 Å². The molecule has 136 valence electrons. The number of rotatable bonds is 5. The summed E-state index contributed by atoms with van der Waals surface area (Å²) in [5, 5.41) is 3.41. The molecule has 1 saturated heterocycles. The maximum atomic E-state index is 12.5. The zero-order valence-corrected chi connectivity index (χ0v) is 15.4. The molecule has 2 aliphatic rings. The van der Waals surface area contributed by atoms with Gasteiger partial charge in [0.2, 0.25) is 5.91 Å². The van der Waals surface area contributed by atoms with Crippen LogP contribution in [0.3, 0.4) is 0 Å². The summed E-state index contributed by atoms with van der Waals surface area (Å²) in [5.74, 6) is 1.13. The number of amides is 1. The van der Waals surface area contributed by atoms with Crippen molar-refractivity contribution in [1.29, 1.82) is 0 Å². The van der Waals surface area contributed by atoms with Crippen LogP contribution in [0.4, 0.5) is 0 Å². The predicted octanol–water partition coefficient (Wildman–Crippen LogP) is 2.99. The van der Waals surface area contributed by atoms with E-state index in [1.807, 2.05) is 11.0 Å². The van der Waals surface area contributed by atoms with E-state index in [2.05, 4.69) is 17.4 Å². The Balaban J connectivity index is 1.45. The van der Waals surface area contributed by atoms with Gasteiger partial charge in [0.1, 0.15) is 0 Å². The molecule has 25 heavy (non-hydrogen) atoms. The number of nitrogens with zero attached hydrogens (tertiary/aromatic N) is 1. The smallest absolute Gasteiger partial charge is 0.219 e. The first-order chi connectivity index (χ1) is 12.1. The number of ketones is 1. The van der Waals surface area contributed by atoms with Crippen molar-refractivity contribution < 1.29 is 9.59 Å². The highest BCUT2D eigenvalue weighted by Gasteiger charge is 2.20. The highest BCUT2D eigenvalue weighted by atomic mass is 16.2. The average Bonchev–Trinajstić information content (AvgIpc) is 2.86. The van der Waals surface area contributed by atoms with Gasteiger partial charge in [-0.3, -0.25) is 9.59 Å². The molecule has 4 nitrogen and oxygen atoms in total. The first-order valence-corrected chi connectivity index (χ1v) is 9.74. The van der Waals surface area contributed by atoms with Gasteiger partial charge in [-0.15, -0.1) is 0 Å². The highest BCUT2D eigenvalue weighted by molar-refractivity contribution is 5.96. The molecule has 2 heterocycles. The van der Waals surface area contributed by atoms with Crippen LogP contribution in [0, 0.1) is 5.92 Å². The molecule has 0 atom stereocenters. The van der Waals surface area contributed by atoms with E-state index in [0.717, 1.165) is 70.3 Å². The maximum absolute atomic E-state index is 12.5. The van der Waals surface area contributed by atoms with Gasteiger partial charge >= 0.3 is 0 Å². The number of fused-ring (bicyclic) bond motifs is 1. The fourth-order valence-corrected chi connectivity index (χ4v) is 4.08. The highest BCUT2D eigenvalue weighted by Crippen LogP contribution is 2.23. The maximum Gasteiger partial charge on any atom is 0.219 e. The Morgan fingerprint density at radius 1 is 1.12 bits per heavy atom. The van der Waals surface area contributed by atoms with Crippen molar-refractivity contribution >= 4 is 11.7 Å². The zero-order valence-electron chi connectivity index (χ0n) is 15.4. The van der Waals surface area contributed by atoms with Gasteiger partial charge in [-0.25, -0.2) is 0 Å². The normalized spacial score (nSPS) is 18.5. The van der Waals surface area contributed by atoms with E-state index in [1.165, 1.54) is 11.1 Å². The molecular formula is C21H30N2O2. The zero-order chi connectivity index (χ0) is 17.6. The van der Waals surface area contributed by atoms with Crippen molar-refractivity contribution in [2.75, 3.05) is 26.2 Å². The van der Waals surface area contributed by atoms with Crippen molar-refractivity contribution in [1.82, 2.24) is 10.2 Å². The number of carbonyl (C=O) groups excluding carboxylic acids is 2. The molecule has 1 amide bonds. The minimum absolute atomic E-state index is 0.187. The minimum Gasteiger partial charge on any atom is -0.343 e. The Morgan fingerprint density at radius 3 is 2.56 bits per heavy atom. The number of hydrogen-bond acceptors (Lipinski definition) is 3. The van der Waals surface area contributed by atoms with Crippen LogP contribution >= 0.6 is 0 Å². The van der Waals surface area contributed by atoms with Crippen molar-refractivity contribution in [3.63, 3.8) is 0 Å². The van der Waals surface area contributed by atoms with E-state index in [4.69, 9.17) is 0 Å². The second-order valence-corrected chi connectivity index (χ2v) is 7.50. The number of likely N-dealkylation sites (tertiary alicyclic amines) is 1. The SMILES string of the molecule is CC(=O)N1CCC(CCCC(=O)c2ccc3c(c2)CCNCC3)CC1. The lowest BCUT2D eigenvalue weighted by Gasteiger charge is -2.31. The summed E-state index contributed by atoms with van der Waals surface area (Å²) in [7, 11) is 0. The molecule has 1 fully saturated rings. The summed E-state index contributed by atoms with van der Waals surface area (Å²) < 4.78 is 0. The van der Waals surface area contributed by atoms with E-state index in [9.17, 15) is 9.59 Å². The molecule has 0 saturated carbocycles. The van der Waals surface area contributed by atoms with E-state index >= 15 is 0 Å². The van der Waals surface area contributed by atoms with Crippen molar-refractivity contribution in [3.8, 4) is 0 Å². The molecule has 0 bridgehead atoms. The Hall–Kier alpha value is -1.68. The lowest BCUT2D eigenvalue weighted by Crippen LogP contribution is -2.36. The first-order valence-electron chi connectivity index (χ1n) is 9.74. The second-order valence-electron chi connectivity index (χ2n) is 7.50. The Bertz CT molecular complexity index is 618. The fourth-order valence-electron chi connectivity index (χ4n) is 4.08. The quantitative estimate of drug-likeness (QED) is 0.837. The van der Waals surface area contributed by atoms with E-state index < -0.39 is 0 Å². The Kier molecular flexibility index (Phi) is 6.24. The lowest BCUT2D eigenvalue weighted by molar-refractivity contribution is -0.130. The molecule has 2 aliphatic heterocycles. The van der Waals surface area contributed by atoms with Crippen LogP contribution in [0.15, 0.2) is 18.2 Å². The van der Waals surface area contributed by atoms with E-state index in [0.29, 0.717) is 12.3 Å². The van der Waals surface area contributed by atoms with Crippen LogP contribution < -0.4 is 5.32 Å². The lowest BCUT2D eigenvalue weighted by atomic mass is 9.90. The van der Waals surface area contributed by atoms with Gasteiger partial charge in [0.25, 0.3) is 0 Å². The van der Waals surface area contributed by atoms with E-state index in [1.54, 1.807) is 6.92 Å². The first kappa shape index (κ1) is 18.1. The van der Waals surface area contributed by atoms with Gasteiger partial charge in [-0.2, -0.15) is 0 Å². The average molecular weight is 342 g/mol. The topological polar surface area (TPSA) is 49.4 Å². The third-order valence-electron chi connectivity index (χ3n) is 5.75. The van der Waals surface area contributed by atoms with Gasteiger partial charge < -0.3 is 10.2 Å². The van der Waals surface area contributed by atoms with Gasteiger partial charge in [0.15, 0.2) is 5.78 Å². The molecule has 1 aromatic rings. The molecule has 0 spiro atoms. The number of Topliss-reactive ketones (excluding diaryl/α,β-unsaturated/α-hetero) is 1. The van der Waals surface area contributed by atoms with Crippen LogP contribution in [0.1, 0.15) is 60.5 Å². The number of nitrogens with one attached hydrogen (secondary N) is 1. The molecule has 3 rings (SSSR count). The molecule has 0 unspecified atom stereocenters. The number of hydrogen-bond donors (Lipinski definition) is 1. The number of carbonyl (C=O) groups is 2. The number of piperidine rings is 1. The Labute approximate surface area is 151 Å². The van der Waals surface area contributed by atoms with Crippen molar-refractivity contribution in [2.45, 2.75) is 51.9 Å². The molecule has 0 aromatic heterocycles. The van der Waals surface area contributed by atoms with Crippen LogP contribution in [0.2, 0.25) is 0 Å².